The molecule has 0 saturated heterocycles. The zero-order chi connectivity index (χ0) is 19.4. The van der Waals surface area contributed by atoms with Gasteiger partial charge in [0, 0.05) is 29.7 Å². The zero-order valence-electron chi connectivity index (χ0n) is 14.7. The summed E-state index contributed by atoms with van der Waals surface area (Å²) >= 11 is 0. The molecule has 0 aliphatic carbocycles. The lowest BCUT2D eigenvalue weighted by Crippen LogP contribution is -2.46. The molecule has 0 unspecified atom stereocenters. The van der Waals surface area contributed by atoms with Crippen molar-refractivity contribution < 1.29 is 19.2 Å². The molecule has 8 heteroatoms. The van der Waals surface area contributed by atoms with Crippen molar-refractivity contribution in [1.29, 1.82) is 0 Å². The summed E-state index contributed by atoms with van der Waals surface area (Å²) in [5, 5.41) is 16.3. The summed E-state index contributed by atoms with van der Waals surface area (Å²) in [6.07, 6.45) is 0.633. The van der Waals surface area contributed by atoms with Gasteiger partial charge in [0.1, 0.15) is 11.8 Å². The Balaban J connectivity index is 1.64. The van der Waals surface area contributed by atoms with E-state index in [9.17, 15) is 19.7 Å². The van der Waals surface area contributed by atoms with Crippen molar-refractivity contribution in [2.45, 2.75) is 25.4 Å². The van der Waals surface area contributed by atoms with Gasteiger partial charge >= 0.3 is 0 Å². The van der Waals surface area contributed by atoms with Crippen LogP contribution in [0.4, 0.5) is 5.69 Å². The molecule has 2 N–H and O–H groups in total. The van der Waals surface area contributed by atoms with E-state index in [1.807, 2.05) is 24.3 Å². The highest BCUT2D eigenvalue weighted by molar-refractivity contribution is 5.97. The van der Waals surface area contributed by atoms with E-state index in [2.05, 4.69) is 10.6 Å². The molecule has 0 radical (unpaired) electrons. The van der Waals surface area contributed by atoms with Gasteiger partial charge in [-0.25, -0.2) is 0 Å². The van der Waals surface area contributed by atoms with E-state index >= 15 is 0 Å². The number of nitrogens with zero attached hydrogens (tertiary/aromatic N) is 1. The van der Waals surface area contributed by atoms with Crippen LogP contribution < -0.4 is 15.4 Å². The Kier molecular flexibility index (Phi) is 5.35. The molecule has 0 aromatic heterocycles. The van der Waals surface area contributed by atoms with E-state index in [1.54, 1.807) is 6.92 Å². The van der Waals surface area contributed by atoms with Crippen molar-refractivity contribution in [2.75, 3.05) is 6.61 Å². The first kappa shape index (κ1) is 18.4. The maximum absolute atomic E-state index is 12.5. The molecule has 27 heavy (non-hydrogen) atoms. The first-order valence-electron chi connectivity index (χ1n) is 8.53. The smallest absolute Gasteiger partial charge is 0.270 e. The van der Waals surface area contributed by atoms with Gasteiger partial charge in [-0.2, -0.15) is 0 Å². The van der Waals surface area contributed by atoms with E-state index < -0.39 is 16.9 Å². The van der Waals surface area contributed by atoms with Crippen LogP contribution in [-0.4, -0.2) is 29.4 Å². The number of rotatable bonds is 5. The van der Waals surface area contributed by atoms with Crippen molar-refractivity contribution in [3.8, 4) is 5.75 Å². The third kappa shape index (κ3) is 4.22. The second kappa shape index (κ2) is 7.86. The number of para-hydroxylation sites is 1. The van der Waals surface area contributed by atoms with Gasteiger partial charge in [0.05, 0.1) is 17.6 Å². The van der Waals surface area contributed by atoms with Crippen LogP contribution >= 0.6 is 0 Å². The fourth-order valence-electron chi connectivity index (χ4n) is 2.89. The van der Waals surface area contributed by atoms with Gasteiger partial charge in [-0.05, 0) is 19.1 Å². The number of nitro groups is 1. The maximum atomic E-state index is 12.5. The van der Waals surface area contributed by atoms with Crippen LogP contribution in [0.1, 0.15) is 35.3 Å². The molecule has 2 aromatic carbocycles. The molecule has 2 aromatic rings. The molecule has 1 heterocycles. The van der Waals surface area contributed by atoms with Crippen LogP contribution in [0.15, 0.2) is 48.5 Å². The Bertz CT molecular complexity index is 883. The summed E-state index contributed by atoms with van der Waals surface area (Å²) < 4.78 is 5.57. The number of carbonyl (C=O) groups is 2. The first-order chi connectivity index (χ1) is 13.0. The van der Waals surface area contributed by atoms with Gasteiger partial charge in [-0.1, -0.05) is 24.3 Å². The quantitative estimate of drug-likeness (QED) is 0.621. The number of nitrogens with one attached hydrogen (secondary N) is 2. The second-order valence-corrected chi connectivity index (χ2v) is 6.24. The van der Waals surface area contributed by atoms with Gasteiger partial charge in [0.2, 0.25) is 5.91 Å². The van der Waals surface area contributed by atoms with Crippen molar-refractivity contribution in [3.05, 3.63) is 69.8 Å². The minimum absolute atomic E-state index is 0.125. The van der Waals surface area contributed by atoms with E-state index in [0.717, 1.165) is 11.3 Å². The van der Waals surface area contributed by atoms with Crippen LogP contribution in [0, 0.1) is 10.1 Å². The van der Waals surface area contributed by atoms with Crippen LogP contribution in [0.5, 0.6) is 5.75 Å². The topological polar surface area (TPSA) is 111 Å². The highest BCUT2D eigenvalue weighted by atomic mass is 16.6. The van der Waals surface area contributed by atoms with Gasteiger partial charge in [0.15, 0.2) is 0 Å². The SMILES string of the molecule is C[C@H](NC(=O)c1cccc([N+](=O)[O-])c1)C(=O)N[C@H]1CCOc2ccccc21. The average Bonchev–Trinajstić information content (AvgIpc) is 2.68. The Labute approximate surface area is 155 Å². The molecule has 0 spiro atoms. The number of amides is 2. The molecule has 1 aliphatic heterocycles. The highest BCUT2D eigenvalue weighted by Gasteiger charge is 2.25. The van der Waals surface area contributed by atoms with Gasteiger partial charge in [-0.15, -0.1) is 0 Å². The molecular weight excluding hydrogens is 350 g/mol. The van der Waals surface area contributed by atoms with E-state index in [0.29, 0.717) is 13.0 Å². The van der Waals surface area contributed by atoms with Crippen molar-refractivity contribution in [3.63, 3.8) is 0 Å². The lowest BCUT2D eigenvalue weighted by Gasteiger charge is -2.27. The molecule has 0 saturated carbocycles. The third-order valence-corrected chi connectivity index (χ3v) is 4.34. The summed E-state index contributed by atoms with van der Waals surface area (Å²) in [5.74, 6) is -0.147. The lowest BCUT2D eigenvalue weighted by molar-refractivity contribution is -0.384. The summed E-state index contributed by atoms with van der Waals surface area (Å²) in [5.41, 5.74) is 0.841. The Morgan fingerprint density at radius 2 is 2.00 bits per heavy atom. The van der Waals surface area contributed by atoms with Crippen LogP contribution in [0.2, 0.25) is 0 Å². The molecule has 2 amide bonds. The van der Waals surface area contributed by atoms with Crippen LogP contribution in [0.3, 0.4) is 0 Å². The van der Waals surface area contributed by atoms with Crippen molar-refractivity contribution in [1.82, 2.24) is 10.6 Å². The minimum Gasteiger partial charge on any atom is -0.493 e. The second-order valence-electron chi connectivity index (χ2n) is 6.24. The fraction of sp³-hybridized carbons (Fsp3) is 0.263. The van der Waals surface area contributed by atoms with Crippen LogP contribution in [-0.2, 0) is 4.79 Å². The summed E-state index contributed by atoms with van der Waals surface area (Å²) in [6.45, 7) is 2.06. The Morgan fingerprint density at radius 1 is 1.22 bits per heavy atom. The third-order valence-electron chi connectivity index (χ3n) is 4.34. The van der Waals surface area contributed by atoms with Gasteiger partial charge in [0.25, 0.3) is 11.6 Å². The van der Waals surface area contributed by atoms with E-state index in [-0.39, 0.29) is 23.2 Å². The van der Waals surface area contributed by atoms with Gasteiger partial charge < -0.3 is 15.4 Å². The molecule has 0 fully saturated rings. The number of carbonyl (C=O) groups excluding carboxylic acids is 2. The summed E-state index contributed by atoms with van der Waals surface area (Å²) in [6, 6.07) is 11.9. The summed E-state index contributed by atoms with van der Waals surface area (Å²) in [7, 11) is 0. The first-order valence-corrected chi connectivity index (χ1v) is 8.53. The number of hydrogen-bond acceptors (Lipinski definition) is 5. The Morgan fingerprint density at radius 3 is 2.78 bits per heavy atom. The Hall–Kier alpha value is -3.42. The predicted molar refractivity (Wildman–Crippen MR) is 97.5 cm³/mol. The molecule has 3 rings (SSSR count). The number of hydrogen-bond donors (Lipinski definition) is 2. The number of fused-ring (bicyclic) bond motifs is 1. The number of benzene rings is 2. The molecule has 140 valence electrons. The molecule has 1 aliphatic rings. The molecule has 8 nitrogen and oxygen atoms in total. The molecule has 2 atom stereocenters. The zero-order valence-corrected chi connectivity index (χ0v) is 14.7. The van der Waals surface area contributed by atoms with E-state index in [4.69, 9.17) is 4.74 Å². The van der Waals surface area contributed by atoms with Crippen LogP contribution in [0.25, 0.3) is 0 Å². The van der Waals surface area contributed by atoms with Crippen molar-refractivity contribution in [2.24, 2.45) is 0 Å². The molecular formula is C19H19N3O5. The number of nitro benzene ring substituents is 1. The largest absolute Gasteiger partial charge is 0.493 e. The number of ether oxygens (including phenoxy) is 1. The van der Waals surface area contributed by atoms with E-state index in [1.165, 1.54) is 24.3 Å². The predicted octanol–water partition coefficient (Wildman–Crippen LogP) is 2.35. The molecule has 0 bridgehead atoms. The van der Waals surface area contributed by atoms with Crippen molar-refractivity contribution >= 4 is 17.5 Å². The normalized spacial score (nSPS) is 16.4. The minimum atomic E-state index is -0.799. The van der Waals surface area contributed by atoms with Gasteiger partial charge in [-0.3, -0.25) is 19.7 Å². The summed E-state index contributed by atoms with van der Waals surface area (Å²) in [4.78, 5) is 35.0. The number of non-ortho nitro benzene ring substituents is 1. The standard InChI is InChI=1S/C19H19N3O5/c1-12(20-19(24)13-5-4-6-14(11-13)22(25)26)18(23)21-16-9-10-27-17-8-3-2-7-15(16)17/h2-8,11-12,16H,9-10H2,1H3,(H,20,24)(H,21,23)/t12-,16-/m0/s1. The lowest BCUT2D eigenvalue weighted by atomic mass is 10.0. The highest BCUT2D eigenvalue weighted by Crippen LogP contribution is 2.31. The average molecular weight is 369 g/mol. The maximum Gasteiger partial charge on any atom is 0.270 e. The fourth-order valence-corrected chi connectivity index (χ4v) is 2.89. The monoisotopic (exact) mass is 369 g/mol.